The summed E-state index contributed by atoms with van der Waals surface area (Å²) >= 11 is 0. The summed E-state index contributed by atoms with van der Waals surface area (Å²) < 4.78 is 39.0. The molecule has 0 aliphatic carbocycles. The summed E-state index contributed by atoms with van der Waals surface area (Å²) in [5.74, 6) is 0. The fourth-order valence-electron chi connectivity index (χ4n) is 2.16. The standard InChI is InChI=1S/C12H10F3N3O3/c1-6-10(18(20)21)9(17-11(19)16-6)7-4-2-3-5-8(7)12(13,14)15/h2-5,9H,1H3,(H2,16,17,19). The van der Waals surface area contributed by atoms with Gasteiger partial charge in [0.1, 0.15) is 6.04 Å². The molecule has 0 spiro atoms. The molecular formula is C12H10F3N3O3. The van der Waals surface area contributed by atoms with Crippen molar-refractivity contribution in [3.63, 3.8) is 0 Å². The van der Waals surface area contributed by atoms with E-state index in [-0.39, 0.29) is 11.3 Å². The third-order valence-corrected chi connectivity index (χ3v) is 3.01. The van der Waals surface area contributed by atoms with Crippen LogP contribution in [0.1, 0.15) is 24.1 Å². The SMILES string of the molecule is CC1=C([N+](=O)[O-])C(c2ccccc2C(F)(F)F)NC(=O)N1. The zero-order valence-electron chi connectivity index (χ0n) is 10.7. The Labute approximate surface area is 116 Å². The second kappa shape index (κ2) is 5.08. The van der Waals surface area contributed by atoms with Crippen molar-refractivity contribution in [3.05, 3.63) is 56.9 Å². The van der Waals surface area contributed by atoms with E-state index < -0.39 is 34.4 Å². The first-order valence-electron chi connectivity index (χ1n) is 5.80. The third kappa shape index (κ3) is 2.81. The van der Waals surface area contributed by atoms with Gasteiger partial charge in [-0.3, -0.25) is 10.1 Å². The van der Waals surface area contributed by atoms with Crippen LogP contribution in [-0.4, -0.2) is 11.0 Å². The van der Waals surface area contributed by atoms with Gasteiger partial charge in [-0.1, -0.05) is 18.2 Å². The fourth-order valence-corrected chi connectivity index (χ4v) is 2.16. The smallest absolute Gasteiger partial charge is 0.321 e. The van der Waals surface area contributed by atoms with Gasteiger partial charge in [0.15, 0.2) is 0 Å². The van der Waals surface area contributed by atoms with Gasteiger partial charge in [0, 0.05) is 0 Å². The summed E-state index contributed by atoms with van der Waals surface area (Å²) in [7, 11) is 0. The van der Waals surface area contributed by atoms with E-state index in [0.717, 1.165) is 12.1 Å². The van der Waals surface area contributed by atoms with Crippen LogP contribution in [0.5, 0.6) is 0 Å². The predicted molar refractivity (Wildman–Crippen MR) is 65.5 cm³/mol. The molecule has 1 aromatic carbocycles. The highest BCUT2D eigenvalue weighted by molar-refractivity contribution is 5.78. The number of allylic oxidation sites excluding steroid dienone is 1. The Morgan fingerprint density at radius 2 is 1.90 bits per heavy atom. The lowest BCUT2D eigenvalue weighted by Crippen LogP contribution is -2.45. The Morgan fingerprint density at radius 1 is 1.29 bits per heavy atom. The van der Waals surface area contributed by atoms with Crippen LogP contribution in [0.4, 0.5) is 18.0 Å². The van der Waals surface area contributed by atoms with Crippen LogP contribution in [0.3, 0.4) is 0 Å². The molecule has 0 fully saturated rings. The Hall–Kier alpha value is -2.58. The van der Waals surface area contributed by atoms with Crippen LogP contribution in [0.2, 0.25) is 0 Å². The highest BCUT2D eigenvalue weighted by Gasteiger charge is 2.41. The first-order chi connectivity index (χ1) is 9.71. The molecule has 0 bridgehead atoms. The van der Waals surface area contributed by atoms with Gasteiger partial charge in [0.25, 0.3) is 5.70 Å². The van der Waals surface area contributed by atoms with Gasteiger partial charge in [-0.25, -0.2) is 4.79 Å². The highest BCUT2D eigenvalue weighted by Crippen LogP contribution is 2.37. The normalized spacial score (nSPS) is 19.0. The number of hydrogen-bond donors (Lipinski definition) is 2. The number of carbonyl (C=O) groups is 1. The number of nitro groups is 1. The van der Waals surface area contributed by atoms with E-state index in [4.69, 9.17) is 0 Å². The molecule has 9 heteroatoms. The number of carbonyl (C=O) groups excluding carboxylic acids is 1. The summed E-state index contributed by atoms with van der Waals surface area (Å²) in [5, 5.41) is 15.4. The molecule has 0 aromatic heterocycles. The van der Waals surface area contributed by atoms with Crippen molar-refractivity contribution < 1.29 is 22.9 Å². The molecule has 1 aliphatic rings. The van der Waals surface area contributed by atoms with Gasteiger partial charge < -0.3 is 10.6 Å². The molecule has 0 saturated heterocycles. The van der Waals surface area contributed by atoms with Gasteiger partial charge in [-0.05, 0) is 18.6 Å². The minimum Gasteiger partial charge on any atom is -0.321 e. The van der Waals surface area contributed by atoms with E-state index in [0.29, 0.717) is 0 Å². The lowest BCUT2D eigenvalue weighted by Gasteiger charge is -2.25. The highest BCUT2D eigenvalue weighted by atomic mass is 19.4. The number of alkyl halides is 3. The quantitative estimate of drug-likeness (QED) is 0.650. The summed E-state index contributed by atoms with van der Waals surface area (Å²) in [6.45, 7) is 1.26. The minimum absolute atomic E-state index is 0.0919. The van der Waals surface area contributed by atoms with Crippen LogP contribution < -0.4 is 10.6 Å². The van der Waals surface area contributed by atoms with Crippen molar-refractivity contribution >= 4 is 6.03 Å². The molecule has 0 radical (unpaired) electrons. The lowest BCUT2D eigenvalue weighted by molar-refractivity contribution is -0.432. The molecule has 1 aromatic rings. The number of nitrogens with zero attached hydrogens (tertiary/aromatic N) is 1. The van der Waals surface area contributed by atoms with Gasteiger partial charge in [-0.2, -0.15) is 13.2 Å². The average Bonchev–Trinajstić information content (AvgIpc) is 2.36. The van der Waals surface area contributed by atoms with E-state index in [1.54, 1.807) is 0 Å². The molecule has 1 heterocycles. The fraction of sp³-hybridized carbons (Fsp3) is 0.250. The molecule has 112 valence electrons. The summed E-state index contributed by atoms with van der Waals surface area (Å²) in [4.78, 5) is 21.7. The maximum absolute atomic E-state index is 13.0. The third-order valence-electron chi connectivity index (χ3n) is 3.01. The number of rotatable bonds is 2. The zero-order chi connectivity index (χ0) is 15.8. The number of urea groups is 1. The molecule has 6 nitrogen and oxygen atoms in total. The largest absolute Gasteiger partial charge is 0.416 e. The Bertz CT molecular complexity index is 640. The Kier molecular flexibility index (Phi) is 3.58. The summed E-state index contributed by atoms with van der Waals surface area (Å²) in [6.07, 6.45) is -4.68. The second-order valence-electron chi connectivity index (χ2n) is 4.38. The van der Waals surface area contributed by atoms with Crippen molar-refractivity contribution in [1.82, 2.24) is 10.6 Å². The van der Waals surface area contributed by atoms with Crippen molar-refractivity contribution in [2.75, 3.05) is 0 Å². The van der Waals surface area contributed by atoms with E-state index in [9.17, 15) is 28.1 Å². The van der Waals surface area contributed by atoms with Crippen molar-refractivity contribution in [1.29, 1.82) is 0 Å². The van der Waals surface area contributed by atoms with Crippen LogP contribution in [0.25, 0.3) is 0 Å². The number of nitrogens with one attached hydrogen (secondary N) is 2. The molecule has 0 saturated carbocycles. The topological polar surface area (TPSA) is 84.3 Å². The summed E-state index contributed by atoms with van der Waals surface area (Å²) in [5.41, 5.74) is -2.01. The summed E-state index contributed by atoms with van der Waals surface area (Å²) in [6, 6.07) is 2.17. The molecule has 2 amide bonds. The number of amides is 2. The first kappa shape index (κ1) is 14.8. The Balaban J connectivity index is 2.62. The monoisotopic (exact) mass is 301 g/mol. The Morgan fingerprint density at radius 3 is 2.48 bits per heavy atom. The average molecular weight is 301 g/mol. The molecule has 2 N–H and O–H groups in total. The van der Waals surface area contributed by atoms with E-state index in [1.807, 2.05) is 0 Å². The van der Waals surface area contributed by atoms with Crippen LogP contribution in [0.15, 0.2) is 35.7 Å². The maximum Gasteiger partial charge on any atom is 0.416 e. The maximum atomic E-state index is 13.0. The van der Waals surface area contributed by atoms with Gasteiger partial charge in [0.2, 0.25) is 0 Å². The zero-order valence-corrected chi connectivity index (χ0v) is 10.7. The predicted octanol–water partition coefficient (Wildman–Crippen LogP) is 2.57. The molecule has 1 atom stereocenters. The van der Waals surface area contributed by atoms with Crippen LogP contribution >= 0.6 is 0 Å². The molecule has 2 rings (SSSR count). The van der Waals surface area contributed by atoms with Crippen molar-refractivity contribution in [2.24, 2.45) is 0 Å². The van der Waals surface area contributed by atoms with Gasteiger partial charge in [-0.15, -0.1) is 0 Å². The van der Waals surface area contributed by atoms with Gasteiger partial charge >= 0.3 is 12.2 Å². The number of halogens is 3. The molecule has 21 heavy (non-hydrogen) atoms. The van der Waals surface area contributed by atoms with E-state index >= 15 is 0 Å². The first-order valence-corrected chi connectivity index (χ1v) is 5.80. The molecule has 1 aliphatic heterocycles. The number of hydrogen-bond acceptors (Lipinski definition) is 3. The van der Waals surface area contributed by atoms with Crippen molar-refractivity contribution in [2.45, 2.75) is 19.1 Å². The minimum atomic E-state index is -4.68. The van der Waals surface area contributed by atoms with E-state index in [2.05, 4.69) is 10.6 Å². The van der Waals surface area contributed by atoms with Crippen molar-refractivity contribution in [3.8, 4) is 0 Å². The van der Waals surface area contributed by atoms with E-state index in [1.165, 1.54) is 19.1 Å². The number of benzene rings is 1. The molecule has 1 unspecified atom stereocenters. The van der Waals surface area contributed by atoms with Gasteiger partial charge in [0.05, 0.1) is 16.2 Å². The van der Waals surface area contributed by atoms with Crippen LogP contribution in [0, 0.1) is 10.1 Å². The molecular weight excluding hydrogens is 291 g/mol. The second-order valence-corrected chi connectivity index (χ2v) is 4.38. The lowest BCUT2D eigenvalue weighted by atomic mass is 9.96. The van der Waals surface area contributed by atoms with Crippen LogP contribution in [-0.2, 0) is 6.18 Å².